The van der Waals surface area contributed by atoms with Gasteiger partial charge < -0.3 is 4.98 Å². The van der Waals surface area contributed by atoms with Gasteiger partial charge in [0.25, 0.3) is 5.56 Å². The summed E-state index contributed by atoms with van der Waals surface area (Å²) in [4.78, 5) is 18.4. The Kier molecular flexibility index (Phi) is 1.54. The quantitative estimate of drug-likeness (QED) is 0.750. The van der Waals surface area contributed by atoms with E-state index >= 15 is 0 Å². The number of H-pyrrole nitrogens is 1. The van der Waals surface area contributed by atoms with Crippen LogP contribution in [0.25, 0.3) is 10.2 Å². The van der Waals surface area contributed by atoms with Crippen molar-refractivity contribution in [3.63, 3.8) is 0 Å². The highest BCUT2D eigenvalue weighted by Crippen LogP contribution is 2.24. The number of rotatable bonds is 0. The molecule has 5 heteroatoms. The number of hydrogen-bond donors (Lipinski definition) is 1. The van der Waals surface area contributed by atoms with Gasteiger partial charge in [-0.2, -0.15) is 0 Å². The van der Waals surface area contributed by atoms with Crippen molar-refractivity contribution in [3.8, 4) is 0 Å². The topological polar surface area (TPSA) is 45.8 Å². The minimum Gasteiger partial charge on any atom is -0.313 e. The van der Waals surface area contributed by atoms with Gasteiger partial charge >= 0.3 is 0 Å². The Bertz CT molecular complexity index is 447. The molecule has 0 atom stereocenters. The van der Waals surface area contributed by atoms with Gasteiger partial charge in [-0.05, 0) is 15.9 Å². The van der Waals surface area contributed by atoms with E-state index in [9.17, 15) is 4.79 Å². The van der Waals surface area contributed by atoms with Crippen molar-refractivity contribution in [1.29, 1.82) is 0 Å². The summed E-state index contributed by atoms with van der Waals surface area (Å²) in [6.45, 7) is 0. The average Bonchev–Trinajstić information content (AvgIpc) is 2.34. The molecule has 0 aromatic carbocycles. The number of nitrogens with zero attached hydrogens (tertiary/aromatic N) is 1. The molecule has 2 rings (SSSR count). The van der Waals surface area contributed by atoms with Crippen molar-refractivity contribution in [2.24, 2.45) is 0 Å². The highest BCUT2D eigenvalue weighted by atomic mass is 79.9. The van der Waals surface area contributed by atoms with E-state index in [1.165, 1.54) is 17.7 Å². The summed E-state index contributed by atoms with van der Waals surface area (Å²) in [5, 5.41) is 2.49. The molecule has 1 N–H and O–H groups in total. The van der Waals surface area contributed by atoms with E-state index in [0.29, 0.717) is 5.39 Å². The van der Waals surface area contributed by atoms with Crippen LogP contribution in [0.1, 0.15) is 0 Å². The third-order valence-electron chi connectivity index (χ3n) is 1.33. The van der Waals surface area contributed by atoms with Gasteiger partial charge in [0.15, 0.2) is 0 Å². The van der Waals surface area contributed by atoms with Crippen LogP contribution < -0.4 is 5.56 Å². The lowest BCUT2D eigenvalue weighted by Crippen LogP contribution is -2.04. The van der Waals surface area contributed by atoms with Crippen molar-refractivity contribution >= 4 is 37.5 Å². The fourth-order valence-corrected chi connectivity index (χ4v) is 2.40. The molecule has 2 heterocycles. The van der Waals surface area contributed by atoms with Gasteiger partial charge in [0, 0.05) is 9.85 Å². The van der Waals surface area contributed by atoms with E-state index in [4.69, 9.17) is 0 Å². The first-order chi connectivity index (χ1) is 5.29. The molecular formula is C6H3BrN2OS. The normalized spacial score (nSPS) is 10.6. The van der Waals surface area contributed by atoms with Crippen molar-refractivity contribution in [2.45, 2.75) is 0 Å². The van der Waals surface area contributed by atoms with Crippen molar-refractivity contribution in [2.75, 3.05) is 0 Å². The number of hydrogen-bond acceptors (Lipinski definition) is 3. The summed E-state index contributed by atoms with van der Waals surface area (Å²) in [7, 11) is 0. The molecule has 2 aromatic rings. The molecule has 0 radical (unpaired) electrons. The van der Waals surface area contributed by atoms with Crippen LogP contribution in [0.15, 0.2) is 21.0 Å². The lowest BCUT2D eigenvalue weighted by Gasteiger charge is -1.85. The number of aromatic nitrogens is 2. The minimum absolute atomic E-state index is 0.0943. The predicted octanol–water partition coefficient (Wildman–Crippen LogP) is 1.75. The van der Waals surface area contributed by atoms with E-state index in [-0.39, 0.29) is 5.56 Å². The first-order valence-corrected chi connectivity index (χ1v) is 4.56. The molecule has 0 spiro atoms. The first-order valence-electron chi connectivity index (χ1n) is 2.89. The summed E-state index contributed by atoms with van der Waals surface area (Å²) in [5.41, 5.74) is -0.0943. The van der Waals surface area contributed by atoms with Gasteiger partial charge in [0.05, 0.1) is 11.7 Å². The van der Waals surface area contributed by atoms with Crippen LogP contribution in [0.4, 0.5) is 0 Å². The molecule has 0 aliphatic heterocycles. The summed E-state index contributed by atoms with van der Waals surface area (Å²) in [5.74, 6) is 0. The molecule has 0 fully saturated rings. The van der Waals surface area contributed by atoms with Crippen LogP contribution >= 0.6 is 27.3 Å². The van der Waals surface area contributed by atoms with Gasteiger partial charge in [0.2, 0.25) is 0 Å². The number of halogens is 1. The van der Waals surface area contributed by atoms with Crippen LogP contribution in [-0.2, 0) is 0 Å². The monoisotopic (exact) mass is 230 g/mol. The Balaban J connectivity index is 3.08. The molecule has 56 valence electrons. The Morgan fingerprint density at radius 1 is 1.64 bits per heavy atom. The maximum atomic E-state index is 11.1. The van der Waals surface area contributed by atoms with Gasteiger partial charge in [-0.15, -0.1) is 11.3 Å². The van der Waals surface area contributed by atoms with Crippen LogP contribution in [0.2, 0.25) is 0 Å². The Labute approximate surface area is 74.2 Å². The largest absolute Gasteiger partial charge is 0.313 e. The van der Waals surface area contributed by atoms with Gasteiger partial charge in [-0.3, -0.25) is 4.79 Å². The molecule has 0 saturated heterocycles. The Hall–Kier alpha value is -0.680. The minimum atomic E-state index is -0.0943. The van der Waals surface area contributed by atoms with E-state index < -0.39 is 0 Å². The summed E-state index contributed by atoms with van der Waals surface area (Å²) in [6, 6.07) is 0. The van der Waals surface area contributed by atoms with Crippen molar-refractivity contribution in [1.82, 2.24) is 9.97 Å². The molecule has 2 aromatic heterocycles. The molecule has 0 aliphatic rings. The zero-order chi connectivity index (χ0) is 7.84. The SMILES string of the molecule is O=c1[nH]cnc2scc(Br)c12. The lowest BCUT2D eigenvalue weighted by molar-refractivity contribution is 1.18. The van der Waals surface area contributed by atoms with Crippen LogP contribution in [0, 0.1) is 0 Å². The van der Waals surface area contributed by atoms with Crippen LogP contribution in [0.5, 0.6) is 0 Å². The number of thiophene rings is 1. The molecule has 11 heavy (non-hydrogen) atoms. The van der Waals surface area contributed by atoms with Gasteiger partial charge in [-0.25, -0.2) is 4.98 Å². The van der Waals surface area contributed by atoms with E-state index in [0.717, 1.165) is 9.30 Å². The second-order valence-corrected chi connectivity index (χ2v) is 3.71. The molecule has 0 bridgehead atoms. The smallest absolute Gasteiger partial charge is 0.260 e. The van der Waals surface area contributed by atoms with Gasteiger partial charge in [-0.1, -0.05) is 0 Å². The molecule has 3 nitrogen and oxygen atoms in total. The summed E-state index contributed by atoms with van der Waals surface area (Å²) >= 11 is 4.72. The molecular weight excluding hydrogens is 228 g/mol. The molecule has 0 amide bonds. The van der Waals surface area contributed by atoms with E-state index in [2.05, 4.69) is 25.9 Å². The third-order valence-corrected chi connectivity index (χ3v) is 3.15. The Morgan fingerprint density at radius 3 is 3.18 bits per heavy atom. The van der Waals surface area contributed by atoms with Crippen LogP contribution in [-0.4, -0.2) is 9.97 Å². The highest BCUT2D eigenvalue weighted by molar-refractivity contribution is 9.10. The molecule has 0 unspecified atom stereocenters. The maximum Gasteiger partial charge on any atom is 0.260 e. The van der Waals surface area contributed by atoms with Crippen molar-refractivity contribution < 1.29 is 0 Å². The number of aromatic amines is 1. The molecule has 0 saturated carbocycles. The Morgan fingerprint density at radius 2 is 2.45 bits per heavy atom. The summed E-state index contributed by atoms with van der Waals surface area (Å²) in [6.07, 6.45) is 1.41. The lowest BCUT2D eigenvalue weighted by atomic mass is 10.4. The fraction of sp³-hybridized carbons (Fsp3) is 0. The van der Waals surface area contributed by atoms with E-state index in [1.807, 2.05) is 5.38 Å². The second-order valence-electron chi connectivity index (χ2n) is 2.00. The summed E-state index contributed by atoms with van der Waals surface area (Å²) < 4.78 is 0.812. The third kappa shape index (κ3) is 1.00. The highest BCUT2D eigenvalue weighted by Gasteiger charge is 2.04. The number of nitrogens with one attached hydrogen (secondary N) is 1. The van der Waals surface area contributed by atoms with Crippen LogP contribution in [0.3, 0.4) is 0 Å². The zero-order valence-corrected chi connectivity index (χ0v) is 7.70. The van der Waals surface area contributed by atoms with Gasteiger partial charge in [0.1, 0.15) is 4.83 Å². The fourth-order valence-electron chi connectivity index (χ4n) is 0.850. The zero-order valence-electron chi connectivity index (χ0n) is 5.30. The predicted molar refractivity (Wildman–Crippen MR) is 47.9 cm³/mol. The van der Waals surface area contributed by atoms with E-state index in [1.54, 1.807) is 0 Å². The number of fused-ring (bicyclic) bond motifs is 1. The standard InChI is InChI=1S/C6H3BrN2OS/c7-3-1-11-6-4(3)5(10)8-2-9-6/h1-2H,(H,8,9,10). The first kappa shape index (κ1) is 7.00. The second kappa shape index (κ2) is 2.42. The maximum absolute atomic E-state index is 11.1. The average molecular weight is 231 g/mol. The van der Waals surface area contributed by atoms with Crippen molar-refractivity contribution in [3.05, 3.63) is 26.5 Å². The molecule has 0 aliphatic carbocycles.